The second-order valence-electron chi connectivity index (χ2n) is 9.40. The zero-order chi connectivity index (χ0) is 23.4. The Labute approximate surface area is 199 Å². The second-order valence-corrected chi connectivity index (χ2v) is 9.40. The number of carbonyl (C=O) groups excluding carboxylic acids is 2. The van der Waals surface area contributed by atoms with Gasteiger partial charge in [-0.3, -0.25) is 9.59 Å². The summed E-state index contributed by atoms with van der Waals surface area (Å²) < 4.78 is 0. The van der Waals surface area contributed by atoms with Crippen LogP contribution in [0.2, 0.25) is 0 Å². The Morgan fingerprint density at radius 1 is 0.912 bits per heavy atom. The summed E-state index contributed by atoms with van der Waals surface area (Å²) in [7, 11) is 0. The lowest BCUT2D eigenvalue weighted by molar-refractivity contribution is -0.160. The van der Waals surface area contributed by atoms with Crippen LogP contribution in [-0.2, 0) is 16.0 Å². The number of piperazine rings is 1. The van der Waals surface area contributed by atoms with E-state index in [1.807, 2.05) is 66.4 Å². The third kappa shape index (κ3) is 3.07. The molecule has 0 bridgehead atoms. The number of aromatic nitrogens is 1. The normalized spacial score (nSPS) is 20.9. The minimum atomic E-state index is -0.524. The Bertz CT molecular complexity index is 1410. The highest BCUT2D eigenvalue weighted by molar-refractivity contribution is 5.98. The number of hydrogen-bond donors (Lipinski definition) is 1. The van der Waals surface area contributed by atoms with Crippen LogP contribution >= 0.6 is 0 Å². The van der Waals surface area contributed by atoms with E-state index in [2.05, 4.69) is 36.2 Å². The Morgan fingerprint density at radius 2 is 1.62 bits per heavy atom. The molecule has 1 saturated heterocycles. The van der Waals surface area contributed by atoms with Crippen LogP contribution < -0.4 is 0 Å². The molecule has 6 rings (SSSR count). The van der Waals surface area contributed by atoms with Crippen LogP contribution in [0.25, 0.3) is 10.9 Å². The summed E-state index contributed by atoms with van der Waals surface area (Å²) in [6, 6.07) is 25.3. The first-order chi connectivity index (χ1) is 16.5. The topological polar surface area (TPSA) is 56.4 Å². The molecule has 3 heterocycles. The molecule has 2 aliphatic rings. The number of hydrogen-bond acceptors (Lipinski definition) is 2. The standard InChI is InChI=1S/C29H27N3O2/c1-18-10-6-7-13-21(18)28-27-23(22-14-8-9-15-24(22)30-27)16-25-29(34)31(17-26(33)32(25)28)19(2)20-11-4-3-5-12-20/h3-15,19,25,28,30H,16-17H2,1-2H3/t19-,25-,28-/m0/s1. The Hall–Kier alpha value is -3.86. The van der Waals surface area contributed by atoms with E-state index in [0.717, 1.165) is 38.9 Å². The van der Waals surface area contributed by atoms with Crippen molar-refractivity contribution in [3.63, 3.8) is 0 Å². The van der Waals surface area contributed by atoms with Gasteiger partial charge in [-0.1, -0.05) is 72.8 Å². The van der Waals surface area contributed by atoms with Crippen LogP contribution in [0.1, 0.15) is 47.0 Å². The number of nitrogens with one attached hydrogen (secondary N) is 1. The molecule has 4 aromatic rings. The molecule has 2 aliphatic heterocycles. The number of rotatable bonds is 3. The molecule has 5 nitrogen and oxygen atoms in total. The van der Waals surface area contributed by atoms with Gasteiger partial charge in [0.2, 0.25) is 11.8 Å². The van der Waals surface area contributed by atoms with Gasteiger partial charge in [0, 0.05) is 23.0 Å². The number of amides is 2. The van der Waals surface area contributed by atoms with E-state index < -0.39 is 6.04 Å². The molecule has 0 unspecified atom stereocenters. The molecule has 1 aromatic heterocycles. The Morgan fingerprint density at radius 3 is 2.41 bits per heavy atom. The second kappa shape index (κ2) is 7.87. The maximum absolute atomic E-state index is 14.0. The molecule has 3 aromatic carbocycles. The van der Waals surface area contributed by atoms with Crippen molar-refractivity contribution >= 4 is 22.7 Å². The highest BCUT2D eigenvalue weighted by Crippen LogP contribution is 2.44. The van der Waals surface area contributed by atoms with Gasteiger partial charge in [0.15, 0.2) is 0 Å². The number of nitrogens with zero attached hydrogens (tertiary/aromatic N) is 2. The van der Waals surface area contributed by atoms with Gasteiger partial charge in [-0.15, -0.1) is 0 Å². The van der Waals surface area contributed by atoms with Crippen molar-refractivity contribution in [2.75, 3.05) is 6.54 Å². The van der Waals surface area contributed by atoms with Gasteiger partial charge in [0.1, 0.15) is 12.6 Å². The molecular weight excluding hydrogens is 422 g/mol. The lowest BCUT2D eigenvalue weighted by Gasteiger charge is -2.48. The maximum atomic E-state index is 14.0. The summed E-state index contributed by atoms with van der Waals surface area (Å²) in [5.74, 6) is 0.00964. The number of para-hydroxylation sites is 1. The van der Waals surface area contributed by atoms with Crippen molar-refractivity contribution in [3.05, 3.63) is 107 Å². The van der Waals surface area contributed by atoms with Gasteiger partial charge < -0.3 is 14.8 Å². The molecule has 1 fully saturated rings. The highest BCUT2D eigenvalue weighted by atomic mass is 16.2. The van der Waals surface area contributed by atoms with Crippen LogP contribution in [-0.4, -0.2) is 39.2 Å². The van der Waals surface area contributed by atoms with Gasteiger partial charge in [0.25, 0.3) is 0 Å². The largest absolute Gasteiger partial charge is 0.356 e. The van der Waals surface area contributed by atoms with E-state index in [0.29, 0.717) is 6.42 Å². The number of carbonyl (C=O) groups is 2. The van der Waals surface area contributed by atoms with Crippen molar-refractivity contribution in [1.82, 2.24) is 14.8 Å². The van der Waals surface area contributed by atoms with Crippen LogP contribution in [0.3, 0.4) is 0 Å². The minimum absolute atomic E-state index is 0.00931. The minimum Gasteiger partial charge on any atom is -0.356 e. The van der Waals surface area contributed by atoms with Crippen molar-refractivity contribution < 1.29 is 9.59 Å². The van der Waals surface area contributed by atoms with Crippen LogP contribution in [0, 0.1) is 6.92 Å². The van der Waals surface area contributed by atoms with Crippen LogP contribution in [0.15, 0.2) is 78.9 Å². The number of aryl methyl sites for hydroxylation is 1. The summed E-state index contributed by atoms with van der Waals surface area (Å²) >= 11 is 0. The van der Waals surface area contributed by atoms with Gasteiger partial charge in [-0.05, 0) is 42.2 Å². The van der Waals surface area contributed by atoms with Crippen molar-refractivity contribution in [1.29, 1.82) is 0 Å². The van der Waals surface area contributed by atoms with Crippen LogP contribution in [0.5, 0.6) is 0 Å². The zero-order valence-corrected chi connectivity index (χ0v) is 19.4. The van der Waals surface area contributed by atoms with E-state index in [1.165, 1.54) is 0 Å². The van der Waals surface area contributed by atoms with E-state index in [4.69, 9.17) is 0 Å². The van der Waals surface area contributed by atoms with Crippen molar-refractivity contribution in [2.45, 2.75) is 38.4 Å². The first-order valence-electron chi connectivity index (χ1n) is 11.9. The molecule has 0 spiro atoms. The van der Waals surface area contributed by atoms with Crippen molar-refractivity contribution in [3.8, 4) is 0 Å². The molecule has 5 heteroatoms. The number of aromatic amines is 1. The third-order valence-corrected chi connectivity index (χ3v) is 7.53. The average Bonchev–Trinajstić information content (AvgIpc) is 3.24. The van der Waals surface area contributed by atoms with Gasteiger partial charge in [-0.2, -0.15) is 0 Å². The Kier molecular flexibility index (Phi) is 4.80. The van der Waals surface area contributed by atoms with E-state index in [1.54, 1.807) is 4.90 Å². The monoisotopic (exact) mass is 449 g/mol. The summed E-state index contributed by atoms with van der Waals surface area (Å²) in [4.78, 5) is 34.9. The fourth-order valence-corrected chi connectivity index (χ4v) is 5.74. The fraction of sp³-hybridized carbons (Fsp3) is 0.241. The fourth-order valence-electron chi connectivity index (χ4n) is 5.74. The molecule has 0 radical (unpaired) electrons. The average molecular weight is 450 g/mol. The summed E-state index contributed by atoms with van der Waals surface area (Å²) in [6.45, 7) is 4.17. The Balaban J connectivity index is 1.50. The van der Waals surface area contributed by atoms with Gasteiger partial charge >= 0.3 is 0 Å². The molecule has 0 aliphatic carbocycles. The quantitative estimate of drug-likeness (QED) is 0.483. The molecule has 3 atom stereocenters. The molecule has 0 saturated carbocycles. The van der Waals surface area contributed by atoms with E-state index in [-0.39, 0.29) is 30.4 Å². The third-order valence-electron chi connectivity index (χ3n) is 7.53. The molecular formula is C29H27N3O2. The predicted octanol–water partition coefficient (Wildman–Crippen LogP) is 4.92. The molecule has 170 valence electrons. The first-order valence-corrected chi connectivity index (χ1v) is 11.9. The summed E-state index contributed by atoms with van der Waals surface area (Å²) in [5.41, 5.74) is 6.42. The number of fused-ring (bicyclic) bond motifs is 4. The van der Waals surface area contributed by atoms with Gasteiger partial charge in [-0.25, -0.2) is 0 Å². The van der Waals surface area contributed by atoms with Gasteiger partial charge in [0.05, 0.1) is 12.1 Å². The predicted molar refractivity (Wildman–Crippen MR) is 132 cm³/mol. The first kappa shape index (κ1) is 20.7. The number of benzene rings is 3. The number of H-pyrrole nitrogens is 1. The maximum Gasteiger partial charge on any atom is 0.246 e. The summed E-state index contributed by atoms with van der Waals surface area (Å²) in [5, 5.41) is 1.13. The SMILES string of the molecule is Cc1ccccc1[C@H]1c2[nH]c3ccccc3c2C[C@H]2C(=O)N([C@@H](C)c3ccccc3)CC(=O)N12. The molecule has 2 amide bonds. The highest BCUT2D eigenvalue weighted by Gasteiger charge is 2.49. The lowest BCUT2D eigenvalue weighted by atomic mass is 9.84. The van der Waals surface area contributed by atoms with Crippen molar-refractivity contribution in [2.24, 2.45) is 0 Å². The lowest BCUT2D eigenvalue weighted by Crippen LogP contribution is -2.63. The molecule has 34 heavy (non-hydrogen) atoms. The van der Waals surface area contributed by atoms with Crippen LogP contribution in [0.4, 0.5) is 0 Å². The zero-order valence-electron chi connectivity index (χ0n) is 19.4. The summed E-state index contributed by atoms with van der Waals surface area (Å²) in [6.07, 6.45) is 0.518. The smallest absolute Gasteiger partial charge is 0.246 e. The molecule has 1 N–H and O–H groups in total. The van der Waals surface area contributed by atoms with E-state index in [9.17, 15) is 9.59 Å². The van der Waals surface area contributed by atoms with E-state index >= 15 is 0 Å².